The SMILES string of the molecule is COc1cc(C(=O)NCCC(=O)N2CCCC(C)C2)ccc1OC(C)C. The van der Waals surface area contributed by atoms with Crippen LogP contribution >= 0.6 is 0 Å². The molecule has 1 aliphatic rings. The number of ether oxygens (including phenoxy) is 2. The molecule has 0 radical (unpaired) electrons. The summed E-state index contributed by atoms with van der Waals surface area (Å²) < 4.78 is 11.0. The molecule has 144 valence electrons. The van der Waals surface area contributed by atoms with Crippen LogP contribution in [0.15, 0.2) is 18.2 Å². The summed E-state index contributed by atoms with van der Waals surface area (Å²) in [6.45, 7) is 8.00. The number of piperidine rings is 1. The largest absolute Gasteiger partial charge is 0.493 e. The summed E-state index contributed by atoms with van der Waals surface area (Å²) in [5.74, 6) is 1.56. The number of methoxy groups -OCH3 is 1. The van der Waals surface area contributed by atoms with Crippen molar-refractivity contribution in [2.45, 2.75) is 46.1 Å². The molecule has 26 heavy (non-hydrogen) atoms. The van der Waals surface area contributed by atoms with E-state index >= 15 is 0 Å². The minimum Gasteiger partial charge on any atom is -0.493 e. The summed E-state index contributed by atoms with van der Waals surface area (Å²) in [7, 11) is 1.54. The number of nitrogens with one attached hydrogen (secondary N) is 1. The number of rotatable bonds is 7. The Hall–Kier alpha value is -2.24. The van der Waals surface area contributed by atoms with Gasteiger partial charge in [0, 0.05) is 31.6 Å². The van der Waals surface area contributed by atoms with Gasteiger partial charge in [-0.25, -0.2) is 0 Å². The van der Waals surface area contributed by atoms with Crippen LogP contribution in [0.4, 0.5) is 0 Å². The molecular formula is C20H30N2O4. The van der Waals surface area contributed by atoms with Gasteiger partial charge in [-0.2, -0.15) is 0 Å². The Labute approximate surface area is 155 Å². The van der Waals surface area contributed by atoms with Crippen molar-refractivity contribution >= 4 is 11.8 Å². The molecular weight excluding hydrogens is 332 g/mol. The third kappa shape index (κ3) is 5.64. The van der Waals surface area contributed by atoms with Gasteiger partial charge in [-0.1, -0.05) is 6.92 Å². The predicted octanol–water partition coefficient (Wildman–Crippen LogP) is 2.86. The van der Waals surface area contributed by atoms with Crippen LogP contribution in [0.2, 0.25) is 0 Å². The highest BCUT2D eigenvalue weighted by molar-refractivity contribution is 5.95. The van der Waals surface area contributed by atoms with Gasteiger partial charge in [0.2, 0.25) is 5.91 Å². The van der Waals surface area contributed by atoms with Crippen molar-refractivity contribution in [2.24, 2.45) is 5.92 Å². The fraction of sp³-hybridized carbons (Fsp3) is 0.600. The fourth-order valence-corrected chi connectivity index (χ4v) is 3.12. The molecule has 0 saturated carbocycles. The van der Waals surface area contributed by atoms with Gasteiger partial charge in [-0.05, 0) is 50.8 Å². The summed E-state index contributed by atoms with van der Waals surface area (Å²) in [5.41, 5.74) is 0.483. The van der Waals surface area contributed by atoms with Crippen LogP contribution in [0.5, 0.6) is 11.5 Å². The van der Waals surface area contributed by atoms with Crippen LogP contribution in [0, 0.1) is 5.92 Å². The average Bonchev–Trinajstić information content (AvgIpc) is 2.61. The van der Waals surface area contributed by atoms with Crippen molar-refractivity contribution in [1.82, 2.24) is 10.2 Å². The van der Waals surface area contributed by atoms with E-state index in [9.17, 15) is 9.59 Å². The number of amides is 2. The summed E-state index contributed by atoms with van der Waals surface area (Å²) in [4.78, 5) is 26.5. The minimum absolute atomic E-state index is 0.0205. The Morgan fingerprint density at radius 1 is 1.31 bits per heavy atom. The van der Waals surface area contributed by atoms with E-state index < -0.39 is 0 Å². The molecule has 0 bridgehead atoms. The molecule has 1 aromatic carbocycles. The third-order valence-electron chi connectivity index (χ3n) is 4.42. The number of hydrogen-bond acceptors (Lipinski definition) is 4. The molecule has 0 aliphatic carbocycles. The first kappa shape index (κ1) is 20.1. The molecule has 1 heterocycles. The Bertz CT molecular complexity index is 630. The van der Waals surface area contributed by atoms with E-state index in [1.807, 2.05) is 18.7 Å². The Morgan fingerprint density at radius 2 is 2.08 bits per heavy atom. The standard InChI is InChI=1S/C20H30N2O4/c1-14(2)26-17-8-7-16(12-18(17)25-4)20(24)21-10-9-19(23)22-11-5-6-15(3)13-22/h7-8,12,14-15H,5-6,9-11,13H2,1-4H3,(H,21,24). The van der Waals surface area contributed by atoms with E-state index in [0.717, 1.165) is 19.5 Å². The normalized spacial score (nSPS) is 17.1. The highest BCUT2D eigenvalue weighted by Gasteiger charge is 2.20. The maximum Gasteiger partial charge on any atom is 0.251 e. The molecule has 1 aliphatic heterocycles. The maximum absolute atomic E-state index is 12.3. The average molecular weight is 362 g/mol. The molecule has 2 rings (SSSR count). The molecule has 2 amide bonds. The van der Waals surface area contributed by atoms with Crippen molar-refractivity contribution < 1.29 is 19.1 Å². The monoisotopic (exact) mass is 362 g/mol. The molecule has 1 atom stereocenters. The number of hydrogen-bond donors (Lipinski definition) is 1. The summed E-state index contributed by atoms with van der Waals surface area (Å²) in [5, 5.41) is 2.81. The summed E-state index contributed by atoms with van der Waals surface area (Å²) in [6, 6.07) is 5.08. The van der Waals surface area contributed by atoms with E-state index in [4.69, 9.17) is 9.47 Å². The zero-order valence-corrected chi connectivity index (χ0v) is 16.2. The zero-order valence-electron chi connectivity index (χ0n) is 16.2. The van der Waals surface area contributed by atoms with Crippen LogP contribution in [-0.2, 0) is 4.79 Å². The van der Waals surface area contributed by atoms with Crippen LogP contribution in [-0.4, -0.2) is 49.6 Å². The minimum atomic E-state index is -0.223. The molecule has 6 heteroatoms. The second kappa shape index (κ2) is 9.46. The van der Waals surface area contributed by atoms with Crippen molar-refractivity contribution in [3.8, 4) is 11.5 Å². The molecule has 1 N–H and O–H groups in total. The molecule has 0 aromatic heterocycles. The second-order valence-electron chi connectivity index (χ2n) is 7.13. The number of benzene rings is 1. The third-order valence-corrected chi connectivity index (χ3v) is 4.42. The van der Waals surface area contributed by atoms with Crippen LogP contribution < -0.4 is 14.8 Å². The Balaban J connectivity index is 1.86. The van der Waals surface area contributed by atoms with Crippen LogP contribution in [0.25, 0.3) is 0 Å². The number of carbonyl (C=O) groups excluding carboxylic acids is 2. The molecule has 6 nitrogen and oxygen atoms in total. The van der Waals surface area contributed by atoms with Crippen molar-refractivity contribution in [2.75, 3.05) is 26.7 Å². The topological polar surface area (TPSA) is 67.9 Å². The van der Waals surface area contributed by atoms with E-state index in [0.29, 0.717) is 35.9 Å². The number of nitrogens with zero attached hydrogens (tertiary/aromatic N) is 1. The zero-order chi connectivity index (χ0) is 19.1. The van der Waals surface area contributed by atoms with Gasteiger partial charge >= 0.3 is 0 Å². The van der Waals surface area contributed by atoms with Gasteiger partial charge in [-0.3, -0.25) is 9.59 Å². The quantitative estimate of drug-likeness (QED) is 0.810. The smallest absolute Gasteiger partial charge is 0.251 e. The van der Waals surface area contributed by atoms with Gasteiger partial charge in [0.15, 0.2) is 11.5 Å². The van der Waals surface area contributed by atoms with Gasteiger partial charge in [0.1, 0.15) is 0 Å². The summed E-state index contributed by atoms with van der Waals surface area (Å²) in [6.07, 6.45) is 2.58. The molecule has 1 fully saturated rings. The van der Waals surface area contributed by atoms with E-state index in [1.54, 1.807) is 25.3 Å². The summed E-state index contributed by atoms with van der Waals surface area (Å²) >= 11 is 0. The lowest BCUT2D eigenvalue weighted by Gasteiger charge is -2.31. The highest BCUT2D eigenvalue weighted by atomic mass is 16.5. The van der Waals surface area contributed by atoms with E-state index in [2.05, 4.69) is 12.2 Å². The van der Waals surface area contributed by atoms with Crippen molar-refractivity contribution in [3.63, 3.8) is 0 Å². The van der Waals surface area contributed by atoms with Crippen LogP contribution in [0.1, 0.15) is 50.4 Å². The lowest BCUT2D eigenvalue weighted by molar-refractivity contribution is -0.132. The second-order valence-corrected chi connectivity index (χ2v) is 7.13. The lowest BCUT2D eigenvalue weighted by atomic mass is 10.00. The number of likely N-dealkylation sites (tertiary alicyclic amines) is 1. The van der Waals surface area contributed by atoms with Crippen molar-refractivity contribution in [1.29, 1.82) is 0 Å². The van der Waals surface area contributed by atoms with Crippen molar-refractivity contribution in [3.05, 3.63) is 23.8 Å². The fourth-order valence-electron chi connectivity index (χ4n) is 3.12. The molecule has 1 aromatic rings. The first-order valence-corrected chi connectivity index (χ1v) is 9.31. The predicted molar refractivity (Wildman–Crippen MR) is 101 cm³/mol. The number of carbonyl (C=O) groups is 2. The highest BCUT2D eigenvalue weighted by Crippen LogP contribution is 2.29. The van der Waals surface area contributed by atoms with Gasteiger partial charge in [0.05, 0.1) is 13.2 Å². The van der Waals surface area contributed by atoms with E-state index in [-0.39, 0.29) is 17.9 Å². The molecule has 1 unspecified atom stereocenters. The molecule has 1 saturated heterocycles. The lowest BCUT2D eigenvalue weighted by Crippen LogP contribution is -2.40. The van der Waals surface area contributed by atoms with Gasteiger partial charge in [0.25, 0.3) is 5.91 Å². The van der Waals surface area contributed by atoms with Crippen LogP contribution in [0.3, 0.4) is 0 Å². The van der Waals surface area contributed by atoms with Gasteiger partial charge in [-0.15, -0.1) is 0 Å². The Morgan fingerprint density at radius 3 is 2.73 bits per heavy atom. The van der Waals surface area contributed by atoms with E-state index in [1.165, 1.54) is 6.42 Å². The first-order chi connectivity index (χ1) is 12.4. The van der Waals surface area contributed by atoms with Gasteiger partial charge < -0.3 is 19.7 Å². The molecule has 0 spiro atoms. The Kier molecular flexibility index (Phi) is 7.30. The first-order valence-electron chi connectivity index (χ1n) is 9.31. The maximum atomic E-state index is 12.3.